The molecule has 0 spiro atoms. The number of rotatable bonds is 2. The summed E-state index contributed by atoms with van der Waals surface area (Å²) in [6, 6.07) is 11.2. The van der Waals surface area contributed by atoms with Crippen molar-refractivity contribution in [3.8, 4) is 0 Å². The molecule has 1 aromatic heterocycles. The second-order valence-corrected chi connectivity index (χ2v) is 6.26. The van der Waals surface area contributed by atoms with Gasteiger partial charge in [0.05, 0.1) is 11.5 Å². The highest BCUT2D eigenvalue weighted by Crippen LogP contribution is 2.32. The topological polar surface area (TPSA) is 38.5 Å². The summed E-state index contributed by atoms with van der Waals surface area (Å²) in [7, 11) is -3.45. The van der Waals surface area contributed by atoms with Gasteiger partial charge in [0.25, 0.3) is 0 Å². The van der Waals surface area contributed by atoms with Gasteiger partial charge in [-0.1, -0.05) is 18.2 Å². The van der Waals surface area contributed by atoms with Crippen molar-refractivity contribution in [2.75, 3.05) is 0 Å². The van der Waals surface area contributed by atoms with Crippen molar-refractivity contribution in [3.05, 3.63) is 53.9 Å². The van der Waals surface area contributed by atoms with Gasteiger partial charge in [-0.3, -0.25) is 0 Å². The molecular formula is C11H7NO2S2. The number of thiophene rings is 1. The standard InChI is InChI=1S/C11H7NO2S2/c1-12-10-7-8-11(15-10)16(13,14)9-5-3-2-4-6-9/h2-8H. The Kier molecular flexibility index (Phi) is 2.77. The molecule has 1 heterocycles. The fourth-order valence-corrected chi connectivity index (χ4v) is 3.73. The first-order valence-electron chi connectivity index (χ1n) is 4.42. The Morgan fingerprint density at radius 3 is 2.31 bits per heavy atom. The minimum atomic E-state index is -3.45. The van der Waals surface area contributed by atoms with Crippen LogP contribution in [0.15, 0.2) is 51.6 Å². The van der Waals surface area contributed by atoms with Crippen LogP contribution in [-0.2, 0) is 9.84 Å². The Labute approximate surface area is 97.7 Å². The van der Waals surface area contributed by atoms with Crippen molar-refractivity contribution in [3.63, 3.8) is 0 Å². The van der Waals surface area contributed by atoms with Crippen molar-refractivity contribution in [2.24, 2.45) is 0 Å². The molecule has 2 rings (SSSR count). The van der Waals surface area contributed by atoms with Crippen LogP contribution in [0.5, 0.6) is 0 Å². The second kappa shape index (κ2) is 4.08. The summed E-state index contributed by atoms with van der Waals surface area (Å²) < 4.78 is 24.4. The maximum Gasteiger partial charge on any atom is 0.242 e. The lowest BCUT2D eigenvalue weighted by Gasteiger charge is -2.00. The molecule has 0 aliphatic rings. The van der Waals surface area contributed by atoms with E-state index >= 15 is 0 Å². The predicted molar refractivity (Wildman–Crippen MR) is 62.5 cm³/mol. The van der Waals surface area contributed by atoms with Gasteiger partial charge in [0.2, 0.25) is 14.8 Å². The van der Waals surface area contributed by atoms with Crippen molar-refractivity contribution >= 4 is 26.2 Å². The molecule has 0 unspecified atom stereocenters. The number of nitrogens with zero attached hydrogens (tertiary/aromatic N) is 1. The van der Waals surface area contributed by atoms with Gasteiger partial charge in [-0.2, -0.15) is 0 Å². The monoisotopic (exact) mass is 249 g/mol. The fraction of sp³-hybridized carbons (Fsp3) is 0. The summed E-state index contributed by atoms with van der Waals surface area (Å²) in [5, 5.41) is 0.384. The van der Waals surface area contributed by atoms with Gasteiger partial charge in [0.15, 0.2) is 0 Å². The molecule has 3 nitrogen and oxygen atoms in total. The van der Waals surface area contributed by atoms with Crippen LogP contribution in [0, 0.1) is 6.57 Å². The van der Waals surface area contributed by atoms with Crippen molar-refractivity contribution in [2.45, 2.75) is 9.10 Å². The Hall–Kier alpha value is -1.64. The number of benzene rings is 1. The minimum Gasteiger partial charge on any atom is -0.227 e. The highest BCUT2D eigenvalue weighted by molar-refractivity contribution is 7.93. The van der Waals surface area contributed by atoms with E-state index in [0.717, 1.165) is 11.3 Å². The van der Waals surface area contributed by atoms with Crippen LogP contribution >= 0.6 is 11.3 Å². The minimum absolute atomic E-state index is 0.213. The van der Waals surface area contributed by atoms with E-state index in [1.54, 1.807) is 30.3 Å². The zero-order chi connectivity index (χ0) is 11.6. The molecule has 0 fully saturated rings. The summed E-state index contributed by atoms with van der Waals surface area (Å²) in [6.45, 7) is 6.81. The summed E-state index contributed by atoms with van der Waals surface area (Å²) in [5.41, 5.74) is 0. The maximum absolute atomic E-state index is 12.1. The molecule has 80 valence electrons. The lowest BCUT2D eigenvalue weighted by atomic mass is 10.4. The average molecular weight is 249 g/mol. The van der Waals surface area contributed by atoms with E-state index in [1.807, 2.05) is 0 Å². The van der Waals surface area contributed by atoms with Gasteiger partial charge in [0.1, 0.15) is 4.21 Å². The lowest BCUT2D eigenvalue weighted by Crippen LogP contribution is -1.98. The van der Waals surface area contributed by atoms with E-state index < -0.39 is 9.84 Å². The molecule has 0 bridgehead atoms. The molecule has 0 saturated heterocycles. The van der Waals surface area contributed by atoms with E-state index in [-0.39, 0.29) is 9.10 Å². The Morgan fingerprint density at radius 1 is 1.06 bits per heavy atom. The zero-order valence-electron chi connectivity index (χ0n) is 8.12. The SMILES string of the molecule is [C-]#[N+]c1ccc(S(=O)(=O)c2ccccc2)s1. The molecular weight excluding hydrogens is 242 g/mol. The normalized spacial score (nSPS) is 10.9. The third kappa shape index (κ3) is 1.85. The molecule has 5 heteroatoms. The molecule has 0 saturated carbocycles. The van der Waals surface area contributed by atoms with Gasteiger partial charge >= 0.3 is 0 Å². The van der Waals surface area contributed by atoms with E-state index in [4.69, 9.17) is 6.57 Å². The Bertz CT molecular complexity index is 636. The third-order valence-electron chi connectivity index (χ3n) is 2.00. The molecule has 0 radical (unpaired) electrons. The third-order valence-corrected chi connectivity index (χ3v) is 5.24. The summed E-state index contributed by atoms with van der Waals surface area (Å²) >= 11 is 0.993. The van der Waals surface area contributed by atoms with Crippen LogP contribution in [0.2, 0.25) is 0 Å². The average Bonchev–Trinajstić information content (AvgIpc) is 2.79. The molecule has 0 aliphatic carbocycles. The summed E-state index contributed by atoms with van der Waals surface area (Å²) in [5.74, 6) is 0. The van der Waals surface area contributed by atoms with Gasteiger partial charge in [0, 0.05) is 0 Å². The van der Waals surface area contributed by atoms with Crippen molar-refractivity contribution < 1.29 is 8.42 Å². The van der Waals surface area contributed by atoms with Crippen molar-refractivity contribution in [1.29, 1.82) is 0 Å². The largest absolute Gasteiger partial charge is 0.242 e. The number of hydrogen-bond acceptors (Lipinski definition) is 3. The van der Waals surface area contributed by atoms with E-state index in [1.165, 1.54) is 12.1 Å². The highest BCUT2D eigenvalue weighted by Gasteiger charge is 2.18. The number of hydrogen-bond donors (Lipinski definition) is 0. The number of sulfone groups is 1. The van der Waals surface area contributed by atoms with Crippen LogP contribution in [0.4, 0.5) is 5.00 Å². The quantitative estimate of drug-likeness (QED) is 0.767. The van der Waals surface area contributed by atoms with Crippen LogP contribution in [0.3, 0.4) is 0 Å². The zero-order valence-corrected chi connectivity index (χ0v) is 9.75. The molecule has 0 atom stereocenters. The molecule has 1 aromatic carbocycles. The second-order valence-electron chi connectivity index (χ2n) is 3.02. The smallest absolute Gasteiger partial charge is 0.227 e. The van der Waals surface area contributed by atoms with Gasteiger partial charge in [-0.25, -0.2) is 13.3 Å². The lowest BCUT2D eigenvalue weighted by molar-refractivity contribution is 0.598. The van der Waals surface area contributed by atoms with E-state index in [2.05, 4.69) is 4.85 Å². The summed E-state index contributed by atoms with van der Waals surface area (Å²) in [6.07, 6.45) is 0. The molecule has 0 aliphatic heterocycles. The molecule has 0 N–H and O–H groups in total. The first-order valence-corrected chi connectivity index (χ1v) is 6.72. The molecule has 0 amide bonds. The van der Waals surface area contributed by atoms with E-state index in [0.29, 0.717) is 5.00 Å². The van der Waals surface area contributed by atoms with Crippen LogP contribution in [0.25, 0.3) is 4.85 Å². The maximum atomic E-state index is 12.1. The molecule has 2 aromatic rings. The Morgan fingerprint density at radius 2 is 1.75 bits per heavy atom. The van der Waals surface area contributed by atoms with Gasteiger partial charge in [-0.05, 0) is 24.3 Å². The Balaban J connectivity index is 2.53. The summed E-state index contributed by atoms with van der Waals surface area (Å²) in [4.78, 5) is 3.46. The molecule has 16 heavy (non-hydrogen) atoms. The first kappa shape index (κ1) is 10.9. The predicted octanol–water partition coefficient (Wildman–Crippen LogP) is 3.13. The van der Waals surface area contributed by atoms with Gasteiger partial charge < -0.3 is 0 Å². The first-order chi connectivity index (χ1) is 7.64. The van der Waals surface area contributed by atoms with Gasteiger partial charge in [-0.15, -0.1) is 11.3 Å². The highest BCUT2D eigenvalue weighted by atomic mass is 32.2. The van der Waals surface area contributed by atoms with Crippen LogP contribution < -0.4 is 0 Å². The van der Waals surface area contributed by atoms with Crippen molar-refractivity contribution in [1.82, 2.24) is 0 Å². The van der Waals surface area contributed by atoms with Crippen LogP contribution in [-0.4, -0.2) is 8.42 Å². The van der Waals surface area contributed by atoms with Crippen LogP contribution in [0.1, 0.15) is 0 Å². The fourth-order valence-electron chi connectivity index (χ4n) is 1.23. The van der Waals surface area contributed by atoms with E-state index in [9.17, 15) is 8.42 Å².